The summed E-state index contributed by atoms with van der Waals surface area (Å²) in [6.45, 7) is 2.38. The fourth-order valence-corrected chi connectivity index (χ4v) is 4.73. The molecular weight excluding hydrogens is 517 g/mol. The average molecular weight is 550 g/mol. The molecule has 0 aromatic heterocycles. The summed E-state index contributed by atoms with van der Waals surface area (Å²) in [6.07, 6.45) is 2.47. The van der Waals surface area contributed by atoms with Crippen molar-refractivity contribution >= 4 is 23.6 Å². The quantitative estimate of drug-likeness (QED) is 0.193. The Morgan fingerprint density at radius 2 is 1.63 bits per heavy atom. The van der Waals surface area contributed by atoms with Crippen molar-refractivity contribution in [3.05, 3.63) is 137 Å². The molecule has 0 fully saturated rings. The zero-order valence-corrected chi connectivity index (χ0v) is 22.9. The first-order valence-corrected chi connectivity index (χ1v) is 13.6. The molecule has 41 heavy (non-hydrogen) atoms. The fraction of sp³-hybridized carbons (Fsp3) is 0.176. The second-order valence-electron chi connectivity index (χ2n) is 10.0. The van der Waals surface area contributed by atoms with Crippen LogP contribution in [0.5, 0.6) is 5.75 Å². The van der Waals surface area contributed by atoms with E-state index in [0.717, 1.165) is 19.5 Å². The molecule has 0 unspecified atom stereocenters. The third-order valence-corrected chi connectivity index (χ3v) is 6.89. The fourth-order valence-electron chi connectivity index (χ4n) is 4.73. The second kappa shape index (κ2) is 13.1. The van der Waals surface area contributed by atoms with Gasteiger partial charge in [0.15, 0.2) is 11.5 Å². The van der Waals surface area contributed by atoms with Crippen LogP contribution in [0.4, 0.5) is 10.1 Å². The predicted molar refractivity (Wildman–Crippen MR) is 159 cm³/mol. The molecule has 4 aromatic rings. The minimum Gasteiger partial charge on any atom is -0.449 e. The lowest BCUT2D eigenvalue weighted by Crippen LogP contribution is -2.37. The lowest BCUT2D eigenvalue weighted by atomic mass is 10.1. The monoisotopic (exact) mass is 549 g/mol. The number of rotatable bonds is 10. The summed E-state index contributed by atoms with van der Waals surface area (Å²) < 4.78 is 20.3. The van der Waals surface area contributed by atoms with Gasteiger partial charge in [-0.25, -0.2) is 4.39 Å². The molecule has 0 atom stereocenters. The van der Waals surface area contributed by atoms with Crippen LogP contribution in [0, 0.1) is 5.82 Å². The lowest BCUT2D eigenvalue weighted by Gasteiger charge is -2.30. The van der Waals surface area contributed by atoms with E-state index in [9.17, 15) is 14.0 Å². The van der Waals surface area contributed by atoms with Gasteiger partial charge in [0.2, 0.25) is 0 Å². The number of nitrogens with zero attached hydrogens (tertiary/aromatic N) is 2. The number of hydrogen-bond acceptors (Lipinski definition) is 4. The smallest absolute Gasteiger partial charge is 0.294 e. The van der Waals surface area contributed by atoms with E-state index in [1.807, 2.05) is 30.3 Å². The van der Waals surface area contributed by atoms with Crippen molar-refractivity contribution in [2.45, 2.75) is 19.5 Å². The molecule has 2 amide bonds. The van der Waals surface area contributed by atoms with E-state index in [-0.39, 0.29) is 29.9 Å². The number of nitrogens with one attached hydrogen (secondary N) is 1. The standard InChI is InChI=1S/C34H32FN3O3/c1-37(23-26-10-3-2-4-11-26)21-9-20-36-33(39)27-18-16-25(17-19-27)22-32-34(40)38(24-28-12-5-6-13-29(28)35)30-14-7-8-15-31(30)41-32/h2-8,10-19,22H,9,20-21,23-24H2,1H3,(H,36,39)/b32-22-. The number of benzene rings is 4. The van der Waals surface area contributed by atoms with Crippen molar-refractivity contribution < 1.29 is 18.7 Å². The minimum atomic E-state index is -0.372. The summed E-state index contributed by atoms with van der Waals surface area (Å²) in [6, 6.07) is 30.9. The highest BCUT2D eigenvalue weighted by Crippen LogP contribution is 2.36. The maximum absolute atomic E-state index is 14.4. The molecule has 208 valence electrons. The molecule has 7 heteroatoms. The van der Waals surface area contributed by atoms with E-state index in [1.54, 1.807) is 60.7 Å². The number of carbonyl (C=O) groups is 2. The van der Waals surface area contributed by atoms with Gasteiger partial charge in [-0.05, 0) is 67.5 Å². The number of anilines is 1. The highest BCUT2D eigenvalue weighted by atomic mass is 19.1. The SMILES string of the molecule is CN(CCCNC(=O)c1ccc(/C=C2\Oc3ccccc3N(Cc3ccccc3F)C2=O)cc1)Cc1ccccc1. The molecule has 1 aliphatic rings. The van der Waals surface area contributed by atoms with Crippen molar-refractivity contribution in [1.82, 2.24) is 10.2 Å². The predicted octanol–water partition coefficient (Wildman–Crippen LogP) is 6.04. The highest BCUT2D eigenvalue weighted by molar-refractivity contribution is 6.09. The molecule has 0 saturated carbocycles. The van der Waals surface area contributed by atoms with Crippen molar-refractivity contribution in [3.8, 4) is 5.75 Å². The Hall–Kier alpha value is -4.75. The van der Waals surface area contributed by atoms with Gasteiger partial charge in [0.1, 0.15) is 5.82 Å². The first-order valence-electron chi connectivity index (χ1n) is 13.6. The Bertz CT molecular complexity index is 1540. The summed E-state index contributed by atoms with van der Waals surface area (Å²) in [5, 5.41) is 2.97. The van der Waals surface area contributed by atoms with Crippen LogP contribution in [0.3, 0.4) is 0 Å². The lowest BCUT2D eigenvalue weighted by molar-refractivity contribution is -0.117. The number of halogens is 1. The molecule has 0 spiro atoms. The summed E-state index contributed by atoms with van der Waals surface area (Å²) in [5.41, 5.74) is 3.49. The van der Waals surface area contributed by atoms with Crippen LogP contribution in [0.1, 0.15) is 33.5 Å². The first-order chi connectivity index (χ1) is 20.0. The van der Waals surface area contributed by atoms with E-state index in [0.29, 0.717) is 34.7 Å². The second-order valence-corrected chi connectivity index (χ2v) is 10.0. The summed E-state index contributed by atoms with van der Waals surface area (Å²) in [7, 11) is 2.07. The Kier molecular flexibility index (Phi) is 8.86. The minimum absolute atomic E-state index is 0.0738. The van der Waals surface area contributed by atoms with E-state index in [1.165, 1.54) is 16.5 Å². The zero-order chi connectivity index (χ0) is 28.6. The van der Waals surface area contributed by atoms with Gasteiger partial charge < -0.3 is 15.0 Å². The van der Waals surface area contributed by atoms with Crippen molar-refractivity contribution in [2.75, 3.05) is 25.0 Å². The third kappa shape index (κ3) is 7.07. The molecule has 1 aliphatic heterocycles. The Morgan fingerprint density at radius 3 is 2.41 bits per heavy atom. The van der Waals surface area contributed by atoms with E-state index < -0.39 is 0 Å². The van der Waals surface area contributed by atoms with Crippen molar-refractivity contribution in [3.63, 3.8) is 0 Å². The molecule has 0 bridgehead atoms. The number of para-hydroxylation sites is 2. The van der Waals surface area contributed by atoms with Crippen LogP contribution in [0.25, 0.3) is 6.08 Å². The number of carbonyl (C=O) groups excluding carboxylic acids is 2. The summed E-state index contributed by atoms with van der Waals surface area (Å²) in [4.78, 5) is 29.8. The van der Waals surface area contributed by atoms with E-state index in [4.69, 9.17) is 4.74 Å². The van der Waals surface area contributed by atoms with E-state index >= 15 is 0 Å². The molecule has 5 rings (SSSR count). The normalized spacial score (nSPS) is 13.7. The van der Waals surface area contributed by atoms with Gasteiger partial charge in [-0.1, -0.05) is 72.8 Å². The Morgan fingerprint density at radius 1 is 0.927 bits per heavy atom. The highest BCUT2D eigenvalue weighted by Gasteiger charge is 2.30. The molecule has 0 aliphatic carbocycles. The van der Waals surface area contributed by atoms with Crippen LogP contribution in [-0.2, 0) is 17.9 Å². The number of fused-ring (bicyclic) bond motifs is 1. The van der Waals surface area contributed by atoms with Crippen LogP contribution in [0.15, 0.2) is 109 Å². The summed E-state index contributed by atoms with van der Waals surface area (Å²) in [5.74, 6) is -0.254. The van der Waals surface area contributed by atoms with Gasteiger partial charge in [0.05, 0.1) is 12.2 Å². The maximum Gasteiger partial charge on any atom is 0.294 e. The van der Waals surface area contributed by atoms with Gasteiger partial charge in [-0.15, -0.1) is 0 Å². The molecule has 6 nitrogen and oxygen atoms in total. The molecule has 1 heterocycles. The number of amides is 2. The number of hydrogen-bond donors (Lipinski definition) is 1. The Labute approximate surface area is 239 Å². The van der Waals surface area contributed by atoms with Crippen molar-refractivity contribution in [2.24, 2.45) is 0 Å². The molecule has 4 aromatic carbocycles. The first kappa shape index (κ1) is 27.8. The van der Waals surface area contributed by atoms with Crippen LogP contribution >= 0.6 is 0 Å². The third-order valence-electron chi connectivity index (χ3n) is 6.89. The van der Waals surface area contributed by atoms with Crippen LogP contribution in [-0.4, -0.2) is 36.9 Å². The maximum atomic E-state index is 14.4. The zero-order valence-electron chi connectivity index (χ0n) is 22.9. The largest absolute Gasteiger partial charge is 0.449 e. The van der Waals surface area contributed by atoms with Gasteiger partial charge >= 0.3 is 0 Å². The van der Waals surface area contributed by atoms with Gasteiger partial charge in [-0.2, -0.15) is 0 Å². The molecule has 1 N–H and O–H groups in total. The van der Waals surface area contributed by atoms with Gasteiger partial charge in [0, 0.05) is 24.2 Å². The van der Waals surface area contributed by atoms with Gasteiger partial charge in [-0.3, -0.25) is 14.5 Å². The van der Waals surface area contributed by atoms with Crippen molar-refractivity contribution in [1.29, 1.82) is 0 Å². The summed E-state index contributed by atoms with van der Waals surface area (Å²) >= 11 is 0. The van der Waals surface area contributed by atoms with Crippen LogP contribution < -0.4 is 15.0 Å². The molecule has 0 saturated heterocycles. The molecular formula is C34H32FN3O3. The molecule has 0 radical (unpaired) electrons. The van der Waals surface area contributed by atoms with Gasteiger partial charge in [0.25, 0.3) is 11.8 Å². The van der Waals surface area contributed by atoms with E-state index in [2.05, 4.69) is 29.4 Å². The number of ether oxygens (including phenoxy) is 1. The Balaban J connectivity index is 1.20. The topological polar surface area (TPSA) is 61.9 Å². The average Bonchev–Trinajstić information content (AvgIpc) is 2.99. The van der Waals surface area contributed by atoms with Crippen LogP contribution in [0.2, 0.25) is 0 Å².